The summed E-state index contributed by atoms with van der Waals surface area (Å²) < 4.78 is 1.58. The zero-order chi connectivity index (χ0) is 17.0. The number of carbonyl (C=O) groups is 1. The van der Waals surface area contributed by atoms with Crippen LogP contribution in [0.4, 0.5) is 10.6 Å². The Morgan fingerprint density at radius 2 is 2.17 bits per heavy atom. The Hall–Kier alpha value is -2.81. The van der Waals surface area contributed by atoms with Gasteiger partial charge in [-0.25, -0.2) is 4.79 Å². The lowest BCUT2D eigenvalue weighted by atomic mass is 10.1. The van der Waals surface area contributed by atoms with Crippen molar-refractivity contribution in [1.29, 1.82) is 5.26 Å². The van der Waals surface area contributed by atoms with Gasteiger partial charge in [0.15, 0.2) is 0 Å². The number of hydrogen-bond acceptors (Lipinski definition) is 3. The van der Waals surface area contributed by atoms with E-state index in [0.717, 1.165) is 17.7 Å². The van der Waals surface area contributed by atoms with Crippen LogP contribution in [0.5, 0.6) is 0 Å². The Morgan fingerprint density at radius 1 is 1.43 bits per heavy atom. The van der Waals surface area contributed by atoms with Crippen molar-refractivity contribution >= 4 is 11.9 Å². The summed E-state index contributed by atoms with van der Waals surface area (Å²) in [6, 6.07) is 10.8. The number of rotatable bonds is 5. The van der Waals surface area contributed by atoms with Crippen molar-refractivity contribution in [2.75, 3.05) is 4.90 Å². The van der Waals surface area contributed by atoms with E-state index in [4.69, 9.17) is 5.26 Å². The highest BCUT2D eigenvalue weighted by molar-refractivity contribution is 5.84. The Labute approximate surface area is 135 Å². The van der Waals surface area contributed by atoms with Crippen molar-refractivity contribution in [3.05, 3.63) is 47.2 Å². The Kier molecular flexibility index (Phi) is 5.02. The van der Waals surface area contributed by atoms with Gasteiger partial charge in [-0.05, 0) is 30.0 Å². The zero-order valence-corrected chi connectivity index (χ0v) is 13.5. The van der Waals surface area contributed by atoms with Crippen molar-refractivity contribution in [2.45, 2.75) is 26.8 Å². The standard InChI is InChI=1S/C17H20N4O2/c1-12(2)7-15-9-16(20(3)19-15)21(17(22)23)11-14-6-4-5-13(8-14)10-18/h4-6,8-9,12H,7,11H2,1-3H3,(H,22,23). The van der Waals surface area contributed by atoms with Crippen molar-refractivity contribution in [2.24, 2.45) is 13.0 Å². The van der Waals surface area contributed by atoms with Gasteiger partial charge in [0, 0.05) is 13.1 Å². The van der Waals surface area contributed by atoms with Crippen LogP contribution in [0.25, 0.3) is 0 Å². The lowest BCUT2D eigenvalue weighted by Crippen LogP contribution is -2.30. The van der Waals surface area contributed by atoms with E-state index >= 15 is 0 Å². The van der Waals surface area contributed by atoms with Crippen LogP contribution >= 0.6 is 0 Å². The molecule has 1 N–H and O–H groups in total. The fourth-order valence-electron chi connectivity index (χ4n) is 2.45. The van der Waals surface area contributed by atoms with Crippen LogP contribution in [0.3, 0.4) is 0 Å². The highest BCUT2D eigenvalue weighted by atomic mass is 16.4. The SMILES string of the molecule is CC(C)Cc1cc(N(Cc2cccc(C#N)c2)C(=O)O)n(C)n1. The van der Waals surface area contributed by atoms with E-state index < -0.39 is 6.09 Å². The zero-order valence-electron chi connectivity index (χ0n) is 13.5. The Morgan fingerprint density at radius 3 is 2.78 bits per heavy atom. The van der Waals surface area contributed by atoms with Crippen LogP contribution in [0, 0.1) is 17.2 Å². The van der Waals surface area contributed by atoms with Crippen molar-refractivity contribution in [1.82, 2.24) is 9.78 Å². The first kappa shape index (κ1) is 16.6. The molecule has 0 aliphatic heterocycles. The molecule has 1 aromatic heterocycles. The molecule has 0 atom stereocenters. The molecule has 0 fully saturated rings. The summed E-state index contributed by atoms with van der Waals surface area (Å²) in [7, 11) is 1.74. The minimum atomic E-state index is -1.05. The van der Waals surface area contributed by atoms with E-state index in [1.54, 1.807) is 29.9 Å². The predicted octanol–water partition coefficient (Wildman–Crippen LogP) is 3.17. The minimum absolute atomic E-state index is 0.172. The van der Waals surface area contributed by atoms with E-state index in [9.17, 15) is 9.90 Å². The number of nitrogens with zero attached hydrogens (tertiary/aromatic N) is 4. The number of hydrogen-bond donors (Lipinski definition) is 1. The third kappa shape index (κ3) is 4.10. The highest BCUT2D eigenvalue weighted by Gasteiger charge is 2.20. The number of nitriles is 1. The van der Waals surface area contributed by atoms with Gasteiger partial charge in [0.1, 0.15) is 5.82 Å². The van der Waals surface area contributed by atoms with Crippen LogP contribution in [0.2, 0.25) is 0 Å². The summed E-state index contributed by atoms with van der Waals surface area (Å²) in [4.78, 5) is 12.9. The second-order valence-corrected chi connectivity index (χ2v) is 5.90. The molecule has 120 valence electrons. The first-order valence-corrected chi connectivity index (χ1v) is 7.43. The van der Waals surface area contributed by atoms with Crippen molar-refractivity contribution in [3.63, 3.8) is 0 Å². The molecule has 1 amide bonds. The average Bonchev–Trinajstić information content (AvgIpc) is 2.84. The molecule has 0 radical (unpaired) electrons. The van der Waals surface area contributed by atoms with Gasteiger partial charge in [0.05, 0.1) is 23.9 Å². The van der Waals surface area contributed by atoms with Crippen LogP contribution in [-0.4, -0.2) is 21.0 Å². The molecule has 23 heavy (non-hydrogen) atoms. The van der Waals surface area contributed by atoms with Crippen molar-refractivity contribution < 1.29 is 9.90 Å². The molecule has 0 saturated heterocycles. The van der Waals surface area contributed by atoms with E-state index in [1.807, 2.05) is 12.1 Å². The first-order valence-electron chi connectivity index (χ1n) is 7.43. The fraction of sp³-hybridized carbons (Fsp3) is 0.353. The minimum Gasteiger partial charge on any atom is -0.465 e. The summed E-state index contributed by atoms with van der Waals surface area (Å²) >= 11 is 0. The van der Waals surface area contributed by atoms with Gasteiger partial charge in [0.2, 0.25) is 0 Å². The van der Waals surface area contributed by atoms with Gasteiger partial charge in [0.25, 0.3) is 0 Å². The molecule has 2 rings (SSSR count). The average molecular weight is 312 g/mol. The molecular weight excluding hydrogens is 292 g/mol. The molecule has 6 heteroatoms. The number of aryl methyl sites for hydroxylation is 1. The first-order chi connectivity index (χ1) is 10.9. The quantitative estimate of drug-likeness (QED) is 0.919. The summed E-state index contributed by atoms with van der Waals surface area (Å²) in [5.74, 6) is 0.971. The van der Waals surface area contributed by atoms with Gasteiger partial charge in [-0.1, -0.05) is 26.0 Å². The molecule has 0 spiro atoms. The number of anilines is 1. The second kappa shape index (κ2) is 6.97. The molecule has 0 unspecified atom stereocenters. The molecule has 0 bridgehead atoms. The lowest BCUT2D eigenvalue weighted by Gasteiger charge is -2.19. The molecule has 0 aliphatic rings. The smallest absolute Gasteiger partial charge is 0.413 e. The molecular formula is C17H20N4O2. The third-order valence-electron chi connectivity index (χ3n) is 3.43. The summed E-state index contributed by atoms with van der Waals surface area (Å²) in [5.41, 5.74) is 2.14. The van der Waals surface area contributed by atoms with E-state index in [-0.39, 0.29) is 6.54 Å². The largest absolute Gasteiger partial charge is 0.465 e. The molecule has 0 aliphatic carbocycles. The number of benzene rings is 1. The summed E-state index contributed by atoms with van der Waals surface area (Å²) in [6.07, 6.45) is -0.253. The lowest BCUT2D eigenvalue weighted by molar-refractivity contribution is 0.201. The van der Waals surface area contributed by atoms with Gasteiger partial charge >= 0.3 is 6.09 Å². The Bertz CT molecular complexity index is 743. The number of aromatic nitrogens is 2. The summed E-state index contributed by atoms with van der Waals surface area (Å²) in [6.45, 7) is 4.36. The molecule has 2 aromatic rings. The number of carboxylic acid groups (broad SMARTS) is 1. The van der Waals surface area contributed by atoms with Gasteiger partial charge in [-0.3, -0.25) is 9.58 Å². The fourth-order valence-corrected chi connectivity index (χ4v) is 2.45. The van der Waals surface area contributed by atoms with Crippen LogP contribution in [-0.2, 0) is 20.0 Å². The van der Waals surface area contributed by atoms with Crippen molar-refractivity contribution in [3.8, 4) is 6.07 Å². The molecule has 0 saturated carbocycles. The molecule has 1 heterocycles. The number of amides is 1. The topological polar surface area (TPSA) is 82.1 Å². The van der Waals surface area contributed by atoms with Crippen LogP contribution in [0.15, 0.2) is 30.3 Å². The summed E-state index contributed by atoms with van der Waals surface area (Å²) in [5, 5.41) is 22.9. The van der Waals surface area contributed by atoms with Crippen LogP contribution < -0.4 is 4.90 Å². The van der Waals surface area contributed by atoms with E-state index in [2.05, 4.69) is 25.0 Å². The maximum atomic E-state index is 11.7. The van der Waals surface area contributed by atoms with E-state index in [0.29, 0.717) is 17.3 Å². The van der Waals surface area contributed by atoms with Gasteiger partial charge in [-0.2, -0.15) is 10.4 Å². The third-order valence-corrected chi connectivity index (χ3v) is 3.43. The normalized spacial score (nSPS) is 10.6. The molecule has 1 aromatic carbocycles. The van der Waals surface area contributed by atoms with E-state index in [1.165, 1.54) is 4.90 Å². The monoisotopic (exact) mass is 312 g/mol. The molecule has 6 nitrogen and oxygen atoms in total. The van der Waals surface area contributed by atoms with Gasteiger partial charge in [-0.15, -0.1) is 0 Å². The second-order valence-electron chi connectivity index (χ2n) is 5.90. The van der Waals surface area contributed by atoms with Gasteiger partial charge < -0.3 is 5.11 Å². The predicted molar refractivity (Wildman–Crippen MR) is 87.1 cm³/mol. The Balaban J connectivity index is 2.30. The maximum absolute atomic E-state index is 11.7. The highest BCUT2D eigenvalue weighted by Crippen LogP contribution is 2.20. The maximum Gasteiger partial charge on any atom is 0.413 e. The van der Waals surface area contributed by atoms with Crippen LogP contribution in [0.1, 0.15) is 30.7 Å².